The van der Waals surface area contributed by atoms with Gasteiger partial charge in [0, 0.05) is 0 Å². The molecule has 0 aromatic rings. The van der Waals surface area contributed by atoms with E-state index in [4.69, 9.17) is 0 Å². The maximum Gasteiger partial charge on any atom is 0.0886 e. The first-order valence-corrected chi connectivity index (χ1v) is 10.5. The fourth-order valence-electron chi connectivity index (χ4n) is 3.05. The molecule has 0 amide bonds. The molecule has 0 N–H and O–H groups in total. The Labute approximate surface area is 159 Å². The molecule has 0 aromatic heterocycles. The molecule has 0 bridgehead atoms. The number of unbranched alkanes of at least 4 members (excludes halogenated alkanes) is 15. The van der Waals surface area contributed by atoms with Crippen molar-refractivity contribution in [2.75, 3.05) is 20.6 Å². The average molecular weight is 366 g/mol. The molecule has 0 aliphatic carbocycles. The fraction of sp³-hybridized carbons (Fsp3) is 1.00. The second kappa shape index (κ2) is 18.9. The lowest BCUT2D eigenvalue weighted by molar-refractivity contribution is -0.747. The van der Waals surface area contributed by atoms with Gasteiger partial charge in [0.15, 0.2) is 0 Å². The predicted molar refractivity (Wildman–Crippen MR) is 106 cm³/mol. The van der Waals surface area contributed by atoms with E-state index in [-0.39, 0.29) is 12.4 Å². The fourth-order valence-corrected chi connectivity index (χ4v) is 3.19. The maximum absolute atomic E-state index is 4.52. The third kappa shape index (κ3) is 25.0. The SMILES string of the molecule is CCCCCCCCCCCCCCCCCC[N+](C)(C)S.[Cl-]. The average Bonchev–Trinajstić information content (AvgIpc) is 2.45. The van der Waals surface area contributed by atoms with Crippen molar-refractivity contribution in [2.45, 2.75) is 110 Å². The van der Waals surface area contributed by atoms with Gasteiger partial charge in [-0.15, -0.1) is 0 Å². The zero-order valence-corrected chi connectivity index (χ0v) is 17.9. The van der Waals surface area contributed by atoms with Gasteiger partial charge in [-0.05, 0) is 12.8 Å². The predicted octanol–water partition coefficient (Wildman–Crippen LogP) is 4.17. The zero-order valence-electron chi connectivity index (χ0n) is 16.3. The first-order valence-electron chi connectivity index (χ1n) is 10.1. The second-order valence-corrected chi connectivity index (χ2v) is 8.73. The van der Waals surface area contributed by atoms with E-state index in [1.54, 1.807) is 0 Å². The molecule has 23 heavy (non-hydrogen) atoms. The van der Waals surface area contributed by atoms with Crippen LogP contribution in [0.15, 0.2) is 0 Å². The zero-order chi connectivity index (χ0) is 16.5. The number of halogens is 1. The standard InChI is InChI=1S/C20H44NS.ClH/c1-4-5-6-7-8-9-10-11-12-13-14-15-16-17-18-19-20-21(2,3)22;/h22H,4-20H2,1-3H3;1H/q+1;/p-1. The summed E-state index contributed by atoms with van der Waals surface area (Å²) in [4.78, 5) is 0. The van der Waals surface area contributed by atoms with Crippen LogP contribution in [0.25, 0.3) is 0 Å². The number of nitrogens with zero attached hydrogens (tertiary/aromatic N) is 1. The van der Waals surface area contributed by atoms with E-state index in [1.165, 1.54) is 109 Å². The van der Waals surface area contributed by atoms with Gasteiger partial charge >= 0.3 is 0 Å². The smallest absolute Gasteiger partial charge is 0.0886 e. The van der Waals surface area contributed by atoms with E-state index in [9.17, 15) is 0 Å². The maximum atomic E-state index is 4.52. The highest BCUT2D eigenvalue weighted by Gasteiger charge is 2.07. The molecular formula is C20H44ClNS. The molecule has 0 fully saturated rings. The third-order valence-corrected chi connectivity index (χ3v) is 4.76. The lowest BCUT2D eigenvalue weighted by atomic mass is 10.0. The Bertz CT molecular complexity index is 216. The monoisotopic (exact) mass is 365 g/mol. The van der Waals surface area contributed by atoms with E-state index in [0.29, 0.717) is 0 Å². The molecule has 0 aliphatic heterocycles. The summed E-state index contributed by atoms with van der Waals surface area (Å²) in [5.74, 6) is 0. The van der Waals surface area contributed by atoms with Crippen LogP contribution in [0.5, 0.6) is 0 Å². The molecule has 0 aliphatic rings. The molecule has 142 valence electrons. The minimum Gasteiger partial charge on any atom is -1.00 e. The molecular weight excluding hydrogens is 322 g/mol. The topological polar surface area (TPSA) is 0 Å². The summed E-state index contributed by atoms with van der Waals surface area (Å²) in [6, 6.07) is 0. The Morgan fingerprint density at radius 1 is 0.522 bits per heavy atom. The van der Waals surface area contributed by atoms with Crippen molar-refractivity contribution in [1.82, 2.24) is 0 Å². The van der Waals surface area contributed by atoms with Crippen molar-refractivity contribution in [1.29, 1.82) is 0 Å². The summed E-state index contributed by atoms with van der Waals surface area (Å²) in [6.45, 7) is 3.49. The van der Waals surface area contributed by atoms with Gasteiger partial charge in [-0.25, -0.2) is 0 Å². The minimum atomic E-state index is 0. The molecule has 0 saturated heterocycles. The van der Waals surface area contributed by atoms with Gasteiger partial charge in [-0.3, -0.25) is 3.89 Å². The van der Waals surface area contributed by atoms with Crippen molar-refractivity contribution in [3.8, 4) is 0 Å². The number of hydrogen-bond acceptors (Lipinski definition) is 1. The summed E-state index contributed by atoms with van der Waals surface area (Å²) in [7, 11) is 4.32. The van der Waals surface area contributed by atoms with Crippen molar-refractivity contribution < 1.29 is 16.3 Å². The summed E-state index contributed by atoms with van der Waals surface area (Å²) >= 11 is 4.52. The van der Waals surface area contributed by atoms with E-state index in [0.717, 1.165) is 3.89 Å². The molecule has 0 rings (SSSR count). The molecule has 0 atom stereocenters. The van der Waals surface area contributed by atoms with E-state index < -0.39 is 0 Å². The van der Waals surface area contributed by atoms with Gasteiger partial charge in [0.05, 0.1) is 33.5 Å². The van der Waals surface area contributed by atoms with Crippen LogP contribution in [0.4, 0.5) is 0 Å². The summed E-state index contributed by atoms with van der Waals surface area (Å²) < 4.78 is 0.818. The van der Waals surface area contributed by atoms with Gasteiger partial charge < -0.3 is 12.4 Å². The van der Waals surface area contributed by atoms with Gasteiger partial charge in [0.2, 0.25) is 0 Å². The molecule has 0 aromatic carbocycles. The minimum absolute atomic E-state index is 0. The normalized spacial score (nSPS) is 11.5. The molecule has 1 nitrogen and oxygen atoms in total. The first-order chi connectivity index (χ1) is 10.6. The summed E-state index contributed by atoms with van der Waals surface area (Å²) in [5, 5.41) is 0. The summed E-state index contributed by atoms with van der Waals surface area (Å²) in [6.07, 6.45) is 23.1. The first kappa shape index (κ1) is 25.8. The highest BCUT2D eigenvalue weighted by molar-refractivity contribution is 7.74. The van der Waals surface area contributed by atoms with Crippen LogP contribution in [0.1, 0.15) is 110 Å². The molecule has 0 spiro atoms. The van der Waals surface area contributed by atoms with E-state index in [1.807, 2.05) is 0 Å². The molecule has 3 heteroatoms. The van der Waals surface area contributed by atoms with Crippen LogP contribution in [-0.2, 0) is 0 Å². The van der Waals surface area contributed by atoms with E-state index >= 15 is 0 Å². The van der Waals surface area contributed by atoms with Gasteiger partial charge in [0.25, 0.3) is 0 Å². The number of rotatable bonds is 17. The van der Waals surface area contributed by atoms with E-state index in [2.05, 4.69) is 33.8 Å². The Hall–Kier alpha value is 0.600. The Balaban J connectivity index is 0. The quantitative estimate of drug-likeness (QED) is 0.223. The van der Waals surface area contributed by atoms with Crippen molar-refractivity contribution >= 4 is 12.8 Å². The van der Waals surface area contributed by atoms with Crippen LogP contribution < -0.4 is 12.4 Å². The van der Waals surface area contributed by atoms with Crippen molar-refractivity contribution in [3.05, 3.63) is 0 Å². The lowest BCUT2D eigenvalue weighted by Gasteiger charge is -2.20. The van der Waals surface area contributed by atoms with Gasteiger partial charge in [-0.2, -0.15) is 0 Å². The van der Waals surface area contributed by atoms with Crippen LogP contribution in [0.3, 0.4) is 0 Å². The number of hydrogen-bond donors (Lipinski definition) is 1. The largest absolute Gasteiger partial charge is 1.00 e. The summed E-state index contributed by atoms with van der Waals surface area (Å²) in [5.41, 5.74) is 0. The van der Waals surface area contributed by atoms with Crippen LogP contribution in [0.2, 0.25) is 0 Å². The number of thiol groups is 1. The van der Waals surface area contributed by atoms with Crippen LogP contribution in [-0.4, -0.2) is 24.5 Å². The molecule has 0 heterocycles. The highest BCUT2D eigenvalue weighted by atomic mass is 35.5. The highest BCUT2D eigenvalue weighted by Crippen LogP contribution is 2.14. The van der Waals surface area contributed by atoms with Gasteiger partial charge in [0.1, 0.15) is 0 Å². The Kier molecular flexibility index (Phi) is 21.3. The Morgan fingerprint density at radius 2 is 0.783 bits per heavy atom. The molecule has 0 unspecified atom stereocenters. The van der Waals surface area contributed by atoms with Crippen LogP contribution in [0, 0.1) is 0 Å². The third-order valence-electron chi connectivity index (χ3n) is 4.56. The molecule has 0 saturated carbocycles. The Morgan fingerprint density at radius 3 is 1.04 bits per heavy atom. The van der Waals surface area contributed by atoms with Crippen molar-refractivity contribution in [2.24, 2.45) is 0 Å². The van der Waals surface area contributed by atoms with Gasteiger partial charge in [-0.1, -0.05) is 96.8 Å². The van der Waals surface area contributed by atoms with Crippen molar-refractivity contribution in [3.63, 3.8) is 0 Å². The second-order valence-electron chi connectivity index (χ2n) is 7.65. The lowest BCUT2D eigenvalue weighted by Crippen LogP contribution is -3.00. The van der Waals surface area contributed by atoms with Crippen LogP contribution >= 0.6 is 12.8 Å². The number of quaternary nitrogens is 1. The molecule has 0 radical (unpaired) electrons.